The second-order valence-electron chi connectivity index (χ2n) is 4.69. The zero-order chi connectivity index (χ0) is 15.4. The molecular weight excluding hydrogens is 294 g/mol. The van der Waals surface area contributed by atoms with Gasteiger partial charge in [-0.2, -0.15) is 0 Å². The maximum atomic E-state index is 10.9. The van der Waals surface area contributed by atoms with Gasteiger partial charge in [0, 0.05) is 13.0 Å². The van der Waals surface area contributed by atoms with Gasteiger partial charge in [0.1, 0.15) is 5.75 Å². The molecule has 0 atom stereocenters. The average molecular weight is 310 g/mol. The van der Waals surface area contributed by atoms with E-state index in [4.69, 9.17) is 21.4 Å². The standard InChI is InChI=1S/C14H16ClN3O3/c1-9-4-5-11(15)12(8-9)21-7-3-6-18-10(2)13(14(19)20)16-17-18/h4-5,8H,3,6-7H2,1-2H3,(H,19,20). The van der Waals surface area contributed by atoms with Crippen LogP contribution >= 0.6 is 11.6 Å². The Bertz CT molecular complexity index is 655. The monoisotopic (exact) mass is 309 g/mol. The summed E-state index contributed by atoms with van der Waals surface area (Å²) in [4.78, 5) is 10.9. The number of nitrogens with zero attached hydrogens (tertiary/aromatic N) is 3. The molecule has 0 aliphatic heterocycles. The van der Waals surface area contributed by atoms with Crippen LogP contribution in [-0.2, 0) is 6.54 Å². The highest BCUT2D eigenvalue weighted by Crippen LogP contribution is 2.25. The topological polar surface area (TPSA) is 77.2 Å². The van der Waals surface area contributed by atoms with Gasteiger partial charge >= 0.3 is 5.97 Å². The number of carboxylic acid groups (broad SMARTS) is 1. The Hall–Kier alpha value is -2.08. The van der Waals surface area contributed by atoms with Gasteiger partial charge < -0.3 is 9.84 Å². The first-order chi connectivity index (χ1) is 9.99. The number of ether oxygens (including phenoxy) is 1. The van der Waals surface area contributed by atoms with Gasteiger partial charge in [0.2, 0.25) is 0 Å². The van der Waals surface area contributed by atoms with Crippen LogP contribution in [0, 0.1) is 13.8 Å². The highest BCUT2D eigenvalue weighted by molar-refractivity contribution is 6.32. The van der Waals surface area contributed by atoms with Crippen molar-refractivity contribution < 1.29 is 14.6 Å². The third-order valence-electron chi connectivity index (χ3n) is 3.04. The van der Waals surface area contributed by atoms with Crippen molar-refractivity contribution in [2.75, 3.05) is 6.61 Å². The van der Waals surface area contributed by atoms with E-state index in [-0.39, 0.29) is 5.69 Å². The molecule has 7 heteroatoms. The van der Waals surface area contributed by atoms with Crippen molar-refractivity contribution in [3.63, 3.8) is 0 Å². The molecule has 0 fully saturated rings. The van der Waals surface area contributed by atoms with Gasteiger partial charge in [-0.25, -0.2) is 9.48 Å². The van der Waals surface area contributed by atoms with E-state index >= 15 is 0 Å². The number of carbonyl (C=O) groups is 1. The minimum atomic E-state index is -1.07. The summed E-state index contributed by atoms with van der Waals surface area (Å²) in [5.41, 5.74) is 1.60. The van der Waals surface area contributed by atoms with E-state index in [0.29, 0.717) is 36.0 Å². The van der Waals surface area contributed by atoms with Crippen LogP contribution in [0.15, 0.2) is 18.2 Å². The number of aromatic nitrogens is 3. The van der Waals surface area contributed by atoms with Gasteiger partial charge in [0.15, 0.2) is 5.69 Å². The number of hydrogen-bond donors (Lipinski definition) is 1. The molecule has 0 amide bonds. The van der Waals surface area contributed by atoms with Crippen LogP contribution in [0.1, 0.15) is 28.2 Å². The zero-order valence-corrected chi connectivity index (χ0v) is 12.6. The molecule has 112 valence electrons. The summed E-state index contributed by atoms with van der Waals surface area (Å²) in [5, 5.41) is 16.9. The fourth-order valence-electron chi connectivity index (χ4n) is 1.89. The molecule has 1 N–H and O–H groups in total. The molecule has 0 saturated carbocycles. The number of aryl methyl sites for hydroxylation is 2. The minimum Gasteiger partial charge on any atom is -0.492 e. The average Bonchev–Trinajstić information content (AvgIpc) is 2.80. The Labute approximate surface area is 127 Å². The number of carboxylic acids is 1. The molecule has 6 nitrogen and oxygen atoms in total. The van der Waals surface area contributed by atoms with Crippen LogP contribution < -0.4 is 4.74 Å². The predicted molar refractivity (Wildman–Crippen MR) is 78.0 cm³/mol. The molecule has 0 spiro atoms. The molecule has 0 radical (unpaired) electrons. The molecule has 21 heavy (non-hydrogen) atoms. The molecular formula is C14H16ClN3O3. The van der Waals surface area contributed by atoms with Crippen LogP contribution in [0.5, 0.6) is 5.75 Å². The Kier molecular flexibility index (Phi) is 4.80. The van der Waals surface area contributed by atoms with Gasteiger partial charge in [0.25, 0.3) is 0 Å². The summed E-state index contributed by atoms with van der Waals surface area (Å²) in [5.74, 6) is -0.417. The summed E-state index contributed by atoms with van der Waals surface area (Å²) in [6.45, 7) is 4.65. The lowest BCUT2D eigenvalue weighted by Gasteiger charge is -2.09. The largest absolute Gasteiger partial charge is 0.492 e. The summed E-state index contributed by atoms with van der Waals surface area (Å²) < 4.78 is 7.18. The van der Waals surface area contributed by atoms with Crippen LogP contribution in [-0.4, -0.2) is 32.7 Å². The maximum absolute atomic E-state index is 10.9. The first-order valence-corrected chi connectivity index (χ1v) is 6.89. The highest BCUT2D eigenvalue weighted by Gasteiger charge is 2.14. The van der Waals surface area contributed by atoms with E-state index in [1.165, 1.54) is 0 Å². The first kappa shape index (κ1) is 15.3. The molecule has 0 saturated heterocycles. The lowest BCUT2D eigenvalue weighted by atomic mass is 10.2. The second kappa shape index (κ2) is 6.58. The molecule has 0 bridgehead atoms. The van der Waals surface area contributed by atoms with Crippen molar-refractivity contribution in [1.29, 1.82) is 0 Å². The van der Waals surface area contributed by atoms with Crippen molar-refractivity contribution >= 4 is 17.6 Å². The fourth-order valence-corrected chi connectivity index (χ4v) is 2.06. The summed E-state index contributed by atoms with van der Waals surface area (Å²) >= 11 is 6.04. The lowest BCUT2D eigenvalue weighted by Crippen LogP contribution is -2.08. The smallest absolute Gasteiger partial charge is 0.358 e. The van der Waals surface area contributed by atoms with Crippen molar-refractivity contribution in [2.45, 2.75) is 26.8 Å². The van der Waals surface area contributed by atoms with Crippen molar-refractivity contribution in [3.8, 4) is 5.75 Å². The Morgan fingerprint density at radius 3 is 2.86 bits per heavy atom. The number of halogens is 1. The molecule has 0 aliphatic rings. The predicted octanol–water partition coefficient (Wildman–Crippen LogP) is 2.72. The SMILES string of the molecule is Cc1ccc(Cl)c(OCCCn2nnc(C(=O)O)c2C)c1. The van der Waals surface area contributed by atoms with Gasteiger partial charge in [-0.15, -0.1) is 5.10 Å². The summed E-state index contributed by atoms with van der Waals surface area (Å²) in [6.07, 6.45) is 0.674. The van der Waals surface area contributed by atoms with Crippen LogP contribution in [0.4, 0.5) is 0 Å². The van der Waals surface area contributed by atoms with Crippen LogP contribution in [0.2, 0.25) is 5.02 Å². The van der Waals surface area contributed by atoms with Crippen molar-refractivity contribution in [3.05, 3.63) is 40.2 Å². The van der Waals surface area contributed by atoms with E-state index in [9.17, 15) is 4.79 Å². The van der Waals surface area contributed by atoms with E-state index in [1.54, 1.807) is 17.7 Å². The van der Waals surface area contributed by atoms with Gasteiger partial charge in [-0.3, -0.25) is 0 Å². The van der Waals surface area contributed by atoms with Crippen molar-refractivity contribution in [1.82, 2.24) is 15.0 Å². The maximum Gasteiger partial charge on any atom is 0.358 e. The first-order valence-electron chi connectivity index (χ1n) is 6.51. The summed E-state index contributed by atoms with van der Waals surface area (Å²) in [7, 11) is 0. The molecule has 1 aromatic heterocycles. The molecule has 1 heterocycles. The Balaban J connectivity index is 1.88. The Morgan fingerprint density at radius 2 is 2.19 bits per heavy atom. The quantitative estimate of drug-likeness (QED) is 0.830. The van der Waals surface area contributed by atoms with Gasteiger partial charge in [-0.05, 0) is 31.5 Å². The van der Waals surface area contributed by atoms with E-state index in [2.05, 4.69) is 10.3 Å². The molecule has 2 aromatic rings. The van der Waals surface area contributed by atoms with Crippen LogP contribution in [0.3, 0.4) is 0 Å². The number of aromatic carboxylic acids is 1. The molecule has 0 aliphatic carbocycles. The minimum absolute atomic E-state index is 0.0161. The van der Waals surface area contributed by atoms with E-state index in [1.807, 2.05) is 19.1 Å². The van der Waals surface area contributed by atoms with E-state index < -0.39 is 5.97 Å². The van der Waals surface area contributed by atoms with E-state index in [0.717, 1.165) is 5.56 Å². The number of hydrogen-bond acceptors (Lipinski definition) is 4. The molecule has 1 aromatic carbocycles. The normalized spacial score (nSPS) is 10.6. The fraction of sp³-hybridized carbons (Fsp3) is 0.357. The molecule has 2 rings (SSSR count). The number of rotatable bonds is 6. The van der Waals surface area contributed by atoms with Crippen LogP contribution in [0.25, 0.3) is 0 Å². The van der Waals surface area contributed by atoms with Gasteiger partial charge in [0.05, 0.1) is 17.3 Å². The summed E-state index contributed by atoms with van der Waals surface area (Å²) in [6, 6.07) is 5.60. The third-order valence-corrected chi connectivity index (χ3v) is 3.36. The number of benzene rings is 1. The van der Waals surface area contributed by atoms with Crippen molar-refractivity contribution in [2.24, 2.45) is 0 Å². The Morgan fingerprint density at radius 1 is 1.43 bits per heavy atom. The highest BCUT2D eigenvalue weighted by atomic mass is 35.5. The molecule has 0 unspecified atom stereocenters. The lowest BCUT2D eigenvalue weighted by molar-refractivity contribution is 0.0689. The second-order valence-corrected chi connectivity index (χ2v) is 5.09. The zero-order valence-electron chi connectivity index (χ0n) is 11.8. The van der Waals surface area contributed by atoms with Gasteiger partial charge in [-0.1, -0.05) is 22.9 Å². The third kappa shape index (κ3) is 3.72.